The van der Waals surface area contributed by atoms with Crippen LogP contribution in [0, 0.1) is 0 Å². The van der Waals surface area contributed by atoms with Gasteiger partial charge in [0.05, 0.1) is 0 Å². The maximum absolute atomic E-state index is 7.12. The molecule has 224 valence electrons. The van der Waals surface area contributed by atoms with E-state index in [1.165, 1.54) is 0 Å². The van der Waals surface area contributed by atoms with Crippen LogP contribution in [0.5, 0.6) is 0 Å². The Balaban J connectivity index is 1.58. The molecule has 0 spiro atoms. The van der Waals surface area contributed by atoms with Gasteiger partial charge >= 0.3 is 34.2 Å². The molecule has 4 aromatic heterocycles. The molecule has 0 aromatic carbocycles. The summed E-state index contributed by atoms with van der Waals surface area (Å²) in [6.45, 7) is 8.20. The highest BCUT2D eigenvalue weighted by Gasteiger charge is 2.54. The molecule has 0 atom stereocenters. The number of hydrogen-bond acceptors (Lipinski definition) is 8. The Labute approximate surface area is 263 Å². The molecule has 0 amide bonds. The summed E-state index contributed by atoms with van der Waals surface area (Å²) in [6, 6.07) is 15.6. The van der Waals surface area contributed by atoms with Crippen molar-refractivity contribution in [2.45, 2.75) is 26.2 Å². The van der Waals surface area contributed by atoms with Gasteiger partial charge in [0.25, 0.3) is 0 Å². The van der Waals surface area contributed by atoms with Gasteiger partial charge in [-0.2, -0.15) is 0 Å². The third-order valence-corrected chi connectivity index (χ3v) is 22.7. The second-order valence-corrected chi connectivity index (χ2v) is 23.7. The van der Waals surface area contributed by atoms with Crippen LogP contribution < -0.4 is 0 Å². The topological polar surface area (TPSA) is 88.5 Å². The van der Waals surface area contributed by atoms with Gasteiger partial charge in [-0.3, -0.25) is 19.9 Å². The van der Waals surface area contributed by atoms with Crippen LogP contribution in [0.4, 0.5) is 0 Å². The monoisotopic (exact) mass is 652 g/mol. The smallest absolute Gasteiger partial charge is 0.344 e. The zero-order valence-corrected chi connectivity index (χ0v) is 29.3. The molecule has 0 aliphatic carbocycles. The van der Waals surface area contributed by atoms with E-state index in [1.54, 1.807) is 24.8 Å². The lowest BCUT2D eigenvalue weighted by Gasteiger charge is -2.47. The van der Waals surface area contributed by atoms with Crippen LogP contribution in [0.2, 0.25) is 26.2 Å². The molecule has 8 nitrogen and oxygen atoms in total. The lowest BCUT2D eigenvalue weighted by molar-refractivity contribution is 0.251. The molecule has 5 rings (SSSR count). The fourth-order valence-corrected chi connectivity index (χ4v) is 24.1. The van der Waals surface area contributed by atoms with Crippen molar-refractivity contribution in [1.29, 1.82) is 0 Å². The number of hydrogen-bond donors (Lipinski definition) is 0. The number of rotatable bonds is 8. The number of aromatic nitrogens is 4. The Hall–Kier alpha value is -3.73. The van der Waals surface area contributed by atoms with E-state index in [9.17, 15) is 0 Å². The van der Waals surface area contributed by atoms with Crippen molar-refractivity contribution < 1.29 is 16.5 Å². The van der Waals surface area contributed by atoms with E-state index in [0.29, 0.717) is 0 Å². The van der Waals surface area contributed by atoms with Crippen LogP contribution in [-0.4, -0.2) is 54.2 Å². The van der Waals surface area contributed by atoms with E-state index < -0.39 is 34.2 Å². The second-order valence-electron chi connectivity index (χ2n) is 11.0. The lowest BCUT2D eigenvalue weighted by atomic mass is 10.3. The average molecular weight is 653 g/mol. The normalized spacial score (nSPS) is 28.1. The molecule has 5 heterocycles. The number of nitrogens with zero attached hydrogens (tertiary/aromatic N) is 4. The van der Waals surface area contributed by atoms with Gasteiger partial charge in [0.15, 0.2) is 0 Å². The molecule has 12 heteroatoms. The Kier molecular flexibility index (Phi) is 10.0. The quantitative estimate of drug-likeness (QED) is 0.189. The van der Waals surface area contributed by atoms with Crippen molar-refractivity contribution in [2.75, 3.05) is 0 Å². The molecule has 0 unspecified atom stereocenters. The third-order valence-electron chi connectivity index (χ3n) is 6.67. The van der Waals surface area contributed by atoms with Gasteiger partial charge in [-0.1, -0.05) is 48.6 Å². The summed E-state index contributed by atoms with van der Waals surface area (Å²) in [6.07, 6.45) is 22.3. The molecule has 0 bridgehead atoms. The summed E-state index contributed by atoms with van der Waals surface area (Å²) in [5.41, 5.74) is 12.0. The summed E-state index contributed by atoms with van der Waals surface area (Å²) >= 11 is 0. The van der Waals surface area contributed by atoms with E-state index >= 15 is 0 Å². The van der Waals surface area contributed by atoms with E-state index in [2.05, 4.69) is 68.9 Å². The van der Waals surface area contributed by atoms with Gasteiger partial charge in [0.2, 0.25) is 0 Å². The van der Waals surface area contributed by atoms with Crippen molar-refractivity contribution in [3.05, 3.63) is 143 Å². The minimum atomic E-state index is -3.08. The molecule has 0 N–H and O–H groups in total. The molecule has 1 aliphatic heterocycles. The Morgan fingerprint density at radius 3 is 0.818 bits per heavy atom. The summed E-state index contributed by atoms with van der Waals surface area (Å²) < 4.78 is 28.5. The molecule has 44 heavy (non-hydrogen) atoms. The first-order valence-electron chi connectivity index (χ1n) is 14.3. The summed E-state index contributed by atoms with van der Waals surface area (Å²) in [4.78, 5) is 17.0. The lowest BCUT2D eigenvalue weighted by Crippen LogP contribution is -2.66. The van der Waals surface area contributed by atoms with Gasteiger partial charge in [-0.05, 0) is 95.5 Å². The second kappa shape index (κ2) is 13.9. The van der Waals surface area contributed by atoms with Gasteiger partial charge in [-0.15, -0.1) is 0 Å². The molecule has 1 fully saturated rings. The first kappa shape index (κ1) is 31.7. The van der Waals surface area contributed by atoms with Crippen molar-refractivity contribution in [3.63, 3.8) is 0 Å². The fourth-order valence-electron chi connectivity index (χ4n) is 4.85. The molecule has 0 saturated carbocycles. The first-order chi connectivity index (χ1) is 21.1. The van der Waals surface area contributed by atoms with Gasteiger partial charge in [-0.25, -0.2) is 0 Å². The van der Waals surface area contributed by atoms with E-state index in [0.717, 1.165) is 22.3 Å². The largest absolute Gasteiger partial charge is 0.410 e. The Bertz CT molecular complexity index is 1370. The molecule has 1 saturated heterocycles. The minimum Gasteiger partial charge on any atom is -0.410 e. The molecule has 1 aliphatic rings. The highest BCUT2D eigenvalue weighted by molar-refractivity contribution is 6.98. The average Bonchev–Trinajstić information content (AvgIpc) is 3.02. The van der Waals surface area contributed by atoms with Crippen LogP contribution in [0.15, 0.2) is 121 Å². The van der Waals surface area contributed by atoms with Crippen LogP contribution in [-0.2, 0) is 16.5 Å². The minimum absolute atomic E-state index is 0.958. The van der Waals surface area contributed by atoms with Crippen molar-refractivity contribution in [3.8, 4) is 0 Å². The standard InChI is InChI=1S/C32H36N4O4Si4/c1-41(21-13-29-9-5-17-33-25-29)37-42(2,22-14-30-10-6-18-34-26-30)39-44(4,24-16-32-12-8-20-36-28-32)40-43(3,38-41)23-15-31-11-7-19-35-27-31/h5-28H,1-4H3/b21-13+,22-14+,23-15+,24-16+. The molecule has 0 radical (unpaired) electrons. The van der Waals surface area contributed by atoms with Gasteiger partial charge < -0.3 is 16.5 Å². The zero-order chi connectivity index (χ0) is 30.9. The highest BCUT2D eigenvalue weighted by atomic mass is 28.5. The SMILES string of the molecule is C[Si]1(/C=C/c2cccnc2)O[Si](C)(/C=C/c2cccnc2)O[Si](C)(/C=C/c2cccnc2)O[Si](C)(/C=C/c2cccnc2)O1. The highest BCUT2D eigenvalue weighted by Crippen LogP contribution is 2.34. The zero-order valence-electron chi connectivity index (χ0n) is 25.3. The summed E-state index contributed by atoms with van der Waals surface area (Å²) in [5, 5.41) is 0. The van der Waals surface area contributed by atoms with Gasteiger partial charge in [0.1, 0.15) is 0 Å². The van der Waals surface area contributed by atoms with Gasteiger partial charge in [0, 0.05) is 49.6 Å². The van der Waals surface area contributed by atoms with Crippen LogP contribution in [0.1, 0.15) is 22.3 Å². The summed E-state index contributed by atoms with van der Waals surface area (Å²) in [5.74, 6) is 0. The van der Waals surface area contributed by atoms with E-state index in [-0.39, 0.29) is 0 Å². The molecule has 4 aromatic rings. The van der Waals surface area contributed by atoms with Crippen molar-refractivity contribution in [2.24, 2.45) is 0 Å². The molecular weight excluding hydrogens is 617 g/mol. The Morgan fingerprint density at radius 2 is 0.636 bits per heavy atom. The first-order valence-corrected chi connectivity index (χ1v) is 23.9. The van der Waals surface area contributed by atoms with Crippen LogP contribution in [0.25, 0.3) is 24.3 Å². The predicted octanol–water partition coefficient (Wildman–Crippen LogP) is 6.94. The van der Waals surface area contributed by atoms with Crippen LogP contribution in [0.3, 0.4) is 0 Å². The van der Waals surface area contributed by atoms with E-state index in [1.807, 2.05) is 97.6 Å². The van der Waals surface area contributed by atoms with Crippen LogP contribution >= 0.6 is 0 Å². The maximum Gasteiger partial charge on any atom is 0.344 e. The van der Waals surface area contributed by atoms with Crippen molar-refractivity contribution >= 4 is 58.5 Å². The fraction of sp³-hybridized carbons (Fsp3) is 0.125. The van der Waals surface area contributed by atoms with E-state index in [4.69, 9.17) is 16.5 Å². The number of pyridine rings is 4. The molecular formula is C32H36N4O4Si4. The summed E-state index contributed by atoms with van der Waals surface area (Å²) in [7, 11) is -12.3. The third kappa shape index (κ3) is 9.14. The Morgan fingerprint density at radius 1 is 0.409 bits per heavy atom. The predicted molar refractivity (Wildman–Crippen MR) is 184 cm³/mol. The van der Waals surface area contributed by atoms with Crippen molar-refractivity contribution in [1.82, 2.24) is 19.9 Å². The maximum atomic E-state index is 7.12.